The van der Waals surface area contributed by atoms with Crippen LogP contribution >= 0.6 is 0 Å². The monoisotopic (exact) mass is 255 g/mol. The summed E-state index contributed by atoms with van der Waals surface area (Å²) in [6.45, 7) is 1.87. The topological polar surface area (TPSA) is 58.6 Å². The number of carbonyl (C=O) groups is 1. The van der Waals surface area contributed by atoms with E-state index in [0.717, 1.165) is 45.3 Å². The molecule has 0 heterocycles. The molecule has 0 radical (unpaired) electrons. The fourth-order valence-corrected chi connectivity index (χ4v) is 2.97. The molecule has 0 amide bonds. The molecule has 0 bridgehead atoms. The molecule has 0 aliphatic heterocycles. The first-order valence-corrected chi connectivity index (χ1v) is 7.10. The first-order chi connectivity index (χ1) is 8.65. The van der Waals surface area contributed by atoms with Crippen LogP contribution in [-0.2, 0) is 9.53 Å². The van der Waals surface area contributed by atoms with Crippen molar-refractivity contribution < 1.29 is 14.6 Å². The van der Waals surface area contributed by atoms with Gasteiger partial charge in [0.2, 0.25) is 0 Å². The third-order valence-corrected chi connectivity index (χ3v) is 4.58. The maximum Gasteiger partial charge on any atom is 0.306 e. The molecule has 18 heavy (non-hydrogen) atoms. The smallest absolute Gasteiger partial charge is 0.306 e. The minimum atomic E-state index is -0.623. The number of ether oxygens (including phenoxy) is 1. The van der Waals surface area contributed by atoms with E-state index in [-0.39, 0.29) is 5.92 Å². The number of nitrogens with one attached hydrogen (secondary N) is 1. The zero-order valence-electron chi connectivity index (χ0n) is 11.3. The molecule has 4 nitrogen and oxygen atoms in total. The zero-order valence-corrected chi connectivity index (χ0v) is 11.3. The van der Waals surface area contributed by atoms with Gasteiger partial charge in [-0.15, -0.1) is 0 Å². The summed E-state index contributed by atoms with van der Waals surface area (Å²) in [6.07, 6.45) is 7.53. The van der Waals surface area contributed by atoms with Crippen LogP contribution in [0.2, 0.25) is 0 Å². The van der Waals surface area contributed by atoms with Crippen LogP contribution < -0.4 is 5.32 Å². The quantitative estimate of drug-likeness (QED) is 0.731. The maximum atomic E-state index is 11.0. The molecule has 0 aromatic heterocycles. The van der Waals surface area contributed by atoms with E-state index in [1.54, 1.807) is 7.11 Å². The molecular weight excluding hydrogens is 230 g/mol. The van der Waals surface area contributed by atoms with Crippen molar-refractivity contribution in [3.8, 4) is 0 Å². The molecular formula is C14H25NO3. The van der Waals surface area contributed by atoms with Gasteiger partial charge in [-0.2, -0.15) is 0 Å². The normalized spacial score (nSPS) is 30.1. The second-order valence-electron chi connectivity index (χ2n) is 6.02. The summed E-state index contributed by atoms with van der Waals surface area (Å²) in [5, 5.41) is 12.7. The van der Waals surface area contributed by atoms with Crippen LogP contribution in [0.3, 0.4) is 0 Å². The predicted molar refractivity (Wildman–Crippen MR) is 69.5 cm³/mol. The molecule has 2 aliphatic carbocycles. The summed E-state index contributed by atoms with van der Waals surface area (Å²) < 4.78 is 5.15. The summed E-state index contributed by atoms with van der Waals surface area (Å²) in [6, 6.07) is 0.403. The number of rotatable bonds is 7. The Kier molecular flexibility index (Phi) is 4.62. The Hall–Kier alpha value is -0.610. The molecule has 0 aromatic rings. The van der Waals surface area contributed by atoms with E-state index in [1.165, 1.54) is 12.8 Å². The summed E-state index contributed by atoms with van der Waals surface area (Å²) in [7, 11) is 1.75. The van der Waals surface area contributed by atoms with Gasteiger partial charge < -0.3 is 15.2 Å². The maximum absolute atomic E-state index is 11.0. The Bertz CT molecular complexity index is 289. The number of aliphatic carboxylic acids is 1. The fraction of sp³-hybridized carbons (Fsp3) is 0.929. The van der Waals surface area contributed by atoms with Crippen LogP contribution in [0, 0.1) is 11.3 Å². The molecule has 2 unspecified atom stereocenters. The highest BCUT2D eigenvalue weighted by atomic mass is 16.5. The minimum absolute atomic E-state index is 0.134. The van der Waals surface area contributed by atoms with Crippen molar-refractivity contribution in [2.75, 3.05) is 20.3 Å². The lowest BCUT2D eigenvalue weighted by Crippen LogP contribution is -2.39. The first-order valence-electron chi connectivity index (χ1n) is 7.10. The van der Waals surface area contributed by atoms with Gasteiger partial charge in [-0.25, -0.2) is 0 Å². The molecule has 2 atom stereocenters. The number of carboxylic acid groups (broad SMARTS) is 1. The van der Waals surface area contributed by atoms with E-state index in [0.29, 0.717) is 11.5 Å². The van der Waals surface area contributed by atoms with E-state index in [1.807, 2.05) is 0 Å². The summed E-state index contributed by atoms with van der Waals surface area (Å²) in [4.78, 5) is 11.0. The van der Waals surface area contributed by atoms with Gasteiger partial charge in [0.15, 0.2) is 0 Å². The Morgan fingerprint density at radius 3 is 2.83 bits per heavy atom. The third kappa shape index (κ3) is 3.69. The standard InChI is InChI=1S/C14H25NO3/c1-18-8-7-14(5-6-14)10-15-12-4-2-3-11(9-12)13(16)17/h11-12,15H,2-10H2,1H3,(H,16,17). The van der Waals surface area contributed by atoms with Crippen LogP contribution in [0.1, 0.15) is 44.9 Å². The second-order valence-corrected chi connectivity index (χ2v) is 6.02. The summed E-state index contributed by atoms with van der Waals surface area (Å²) in [5.74, 6) is -0.757. The lowest BCUT2D eigenvalue weighted by molar-refractivity contribution is -0.143. The molecule has 2 aliphatic rings. The van der Waals surface area contributed by atoms with Crippen LogP contribution in [0.25, 0.3) is 0 Å². The van der Waals surface area contributed by atoms with E-state index >= 15 is 0 Å². The van der Waals surface area contributed by atoms with E-state index in [2.05, 4.69) is 5.32 Å². The Balaban J connectivity index is 1.71. The molecule has 2 fully saturated rings. The van der Waals surface area contributed by atoms with Gasteiger partial charge in [-0.1, -0.05) is 6.42 Å². The molecule has 4 heteroatoms. The Labute approximate surface area is 109 Å². The predicted octanol–water partition coefficient (Wildman–Crippen LogP) is 2.04. The van der Waals surface area contributed by atoms with Crippen molar-refractivity contribution in [1.29, 1.82) is 0 Å². The SMILES string of the molecule is COCCC1(CNC2CCCC(C(=O)O)C2)CC1. The fourth-order valence-electron chi connectivity index (χ4n) is 2.97. The van der Waals surface area contributed by atoms with Gasteiger partial charge in [0, 0.05) is 26.3 Å². The van der Waals surface area contributed by atoms with Crippen molar-refractivity contribution >= 4 is 5.97 Å². The third-order valence-electron chi connectivity index (χ3n) is 4.58. The molecule has 0 aromatic carbocycles. The molecule has 2 saturated carbocycles. The van der Waals surface area contributed by atoms with Crippen LogP contribution in [0.15, 0.2) is 0 Å². The summed E-state index contributed by atoms with van der Waals surface area (Å²) >= 11 is 0. The lowest BCUT2D eigenvalue weighted by atomic mass is 9.85. The number of hydrogen-bond acceptors (Lipinski definition) is 3. The van der Waals surface area contributed by atoms with Crippen LogP contribution in [-0.4, -0.2) is 37.4 Å². The van der Waals surface area contributed by atoms with Gasteiger partial charge in [0.25, 0.3) is 0 Å². The Morgan fingerprint density at radius 2 is 2.22 bits per heavy atom. The highest BCUT2D eigenvalue weighted by Crippen LogP contribution is 2.48. The van der Waals surface area contributed by atoms with E-state index < -0.39 is 5.97 Å². The van der Waals surface area contributed by atoms with Crippen LogP contribution in [0.4, 0.5) is 0 Å². The van der Waals surface area contributed by atoms with E-state index in [9.17, 15) is 4.79 Å². The Morgan fingerprint density at radius 1 is 1.44 bits per heavy atom. The molecule has 2 rings (SSSR count). The lowest BCUT2D eigenvalue weighted by Gasteiger charge is -2.29. The van der Waals surface area contributed by atoms with Gasteiger partial charge >= 0.3 is 5.97 Å². The van der Waals surface area contributed by atoms with Gasteiger partial charge in [-0.3, -0.25) is 4.79 Å². The van der Waals surface area contributed by atoms with Gasteiger partial charge in [0.05, 0.1) is 5.92 Å². The first kappa shape index (κ1) is 13.8. The van der Waals surface area contributed by atoms with E-state index in [4.69, 9.17) is 9.84 Å². The largest absolute Gasteiger partial charge is 0.481 e. The summed E-state index contributed by atoms with van der Waals surface area (Å²) in [5.41, 5.74) is 0.451. The van der Waals surface area contributed by atoms with Crippen LogP contribution in [0.5, 0.6) is 0 Å². The zero-order chi connectivity index (χ0) is 13.0. The average molecular weight is 255 g/mol. The van der Waals surface area contributed by atoms with Gasteiger partial charge in [0.1, 0.15) is 0 Å². The average Bonchev–Trinajstić information content (AvgIpc) is 3.15. The molecule has 0 saturated heterocycles. The number of methoxy groups -OCH3 is 1. The van der Waals surface area contributed by atoms with Crippen molar-refractivity contribution in [2.45, 2.75) is 51.0 Å². The number of carboxylic acids is 1. The minimum Gasteiger partial charge on any atom is -0.481 e. The second kappa shape index (κ2) is 6.02. The van der Waals surface area contributed by atoms with Crippen molar-refractivity contribution in [3.63, 3.8) is 0 Å². The van der Waals surface area contributed by atoms with Crippen molar-refractivity contribution in [1.82, 2.24) is 5.32 Å². The van der Waals surface area contributed by atoms with Crippen molar-refractivity contribution in [3.05, 3.63) is 0 Å². The molecule has 104 valence electrons. The van der Waals surface area contributed by atoms with Gasteiger partial charge in [-0.05, 0) is 43.9 Å². The van der Waals surface area contributed by atoms with Crippen molar-refractivity contribution in [2.24, 2.45) is 11.3 Å². The molecule has 2 N–H and O–H groups in total. The highest BCUT2D eigenvalue weighted by Gasteiger charge is 2.42. The number of hydrogen-bond donors (Lipinski definition) is 2. The molecule has 0 spiro atoms. The highest BCUT2D eigenvalue weighted by molar-refractivity contribution is 5.70.